The van der Waals surface area contributed by atoms with E-state index in [0.29, 0.717) is 0 Å². The zero-order valence-corrected chi connectivity index (χ0v) is 15.7. The molecule has 0 saturated heterocycles. The Labute approximate surface area is 164 Å². The van der Waals surface area contributed by atoms with Crippen LogP contribution in [0.5, 0.6) is 0 Å². The van der Waals surface area contributed by atoms with Crippen molar-refractivity contribution < 1.29 is 19.1 Å². The standard InChI is InChI=1S/C24H22O4/c1-18(23(25)27-17-19-11-5-2-6-12-19)28-24(26)22(20-13-7-3-8-14-20)21-15-9-4-10-16-21/h2-16,18,22H,17H2,1H3/t18-/m1/s1. The number of rotatable bonds is 7. The zero-order valence-electron chi connectivity index (χ0n) is 15.7. The first-order valence-electron chi connectivity index (χ1n) is 9.16. The number of benzene rings is 3. The second-order valence-electron chi connectivity index (χ2n) is 6.43. The number of ether oxygens (including phenoxy) is 2. The lowest BCUT2D eigenvalue weighted by Crippen LogP contribution is -2.29. The van der Waals surface area contributed by atoms with Gasteiger partial charge in [0.15, 0.2) is 6.10 Å². The number of carbonyl (C=O) groups is 2. The molecule has 142 valence electrons. The van der Waals surface area contributed by atoms with Crippen LogP contribution in [0, 0.1) is 0 Å². The predicted octanol–water partition coefficient (Wildman–Crippen LogP) is 4.49. The molecule has 0 fully saturated rings. The van der Waals surface area contributed by atoms with E-state index in [1.807, 2.05) is 91.0 Å². The number of carbonyl (C=O) groups excluding carboxylic acids is 2. The van der Waals surface area contributed by atoms with E-state index < -0.39 is 24.0 Å². The summed E-state index contributed by atoms with van der Waals surface area (Å²) in [5, 5.41) is 0. The summed E-state index contributed by atoms with van der Waals surface area (Å²) in [6.07, 6.45) is -0.994. The van der Waals surface area contributed by atoms with Crippen LogP contribution in [-0.2, 0) is 25.7 Å². The molecule has 0 aliphatic carbocycles. The third kappa shape index (κ3) is 5.07. The zero-order chi connectivity index (χ0) is 19.8. The Morgan fingerprint density at radius 1 is 0.714 bits per heavy atom. The molecular weight excluding hydrogens is 352 g/mol. The van der Waals surface area contributed by atoms with E-state index in [0.717, 1.165) is 16.7 Å². The Morgan fingerprint density at radius 2 is 1.18 bits per heavy atom. The van der Waals surface area contributed by atoms with Crippen LogP contribution in [0.4, 0.5) is 0 Å². The van der Waals surface area contributed by atoms with Crippen LogP contribution in [0.15, 0.2) is 91.0 Å². The number of esters is 2. The topological polar surface area (TPSA) is 52.6 Å². The molecule has 0 saturated carbocycles. The molecule has 0 spiro atoms. The molecule has 0 N–H and O–H groups in total. The summed E-state index contributed by atoms with van der Waals surface area (Å²) < 4.78 is 10.7. The van der Waals surface area contributed by atoms with Crippen molar-refractivity contribution in [3.8, 4) is 0 Å². The van der Waals surface area contributed by atoms with Crippen molar-refractivity contribution in [1.29, 1.82) is 0 Å². The molecule has 3 rings (SSSR count). The minimum absolute atomic E-state index is 0.141. The van der Waals surface area contributed by atoms with Crippen LogP contribution >= 0.6 is 0 Å². The highest BCUT2D eigenvalue weighted by Gasteiger charge is 2.28. The molecule has 0 aliphatic rings. The summed E-state index contributed by atoms with van der Waals surface area (Å²) >= 11 is 0. The highest BCUT2D eigenvalue weighted by Crippen LogP contribution is 2.26. The van der Waals surface area contributed by atoms with Gasteiger partial charge in [0.05, 0.1) is 0 Å². The number of hydrogen-bond donors (Lipinski definition) is 0. The van der Waals surface area contributed by atoms with Gasteiger partial charge in [-0.15, -0.1) is 0 Å². The lowest BCUT2D eigenvalue weighted by Gasteiger charge is -2.19. The molecular formula is C24H22O4. The molecule has 0 bridgehead atoms. The molecule has 3 aromatic rings. The van der Waals surface area contributed by atoms with Crippen LogP contribution in [0.1, 0.15) is 29.5 Å². The Morgan fingerprint density at radius 3 is 1.68 bits per heavy atom. The lowest BCUT2D eigenvalue weighted by atomic mass is 9.91. The van der Waals surface area contributed by atoms with E-state index in [2.05, 4.69) is 0 Å². The van der Waals surface area contributed by atoms with Crippen molar-refractivity contribution in [2.24, 2.45) is 0 Å². The van der Waals surface area contributed by atoms with E-state index in [1.54, 1.807) is 0 Å². The third-order valence-electron chi connectivity index (χ3n) is 4.35. The van der Waals surface area contributed by atoms with Gasteiger partial charge in [-0.3, -0.25) is 4.79 Å². The SMILES string of the molecule is C[C@@H](OC(=O)C(c1ccccc1)c1ccccc1)C(=O)OCc1ccccc1. The van der Waals surface area contributed by atoms with Crippen molar-refractivity contribution in [1.82, 2.24) is 0 Å². The van der Waals surface area contributed by atoms with E-state index >= 15 is 0 Å². The molecule has 0 amide bonds. The molecule has 1 atom stereocenters. The molecule has 0 unspecified atom stereocenters. The number of hydrogen-bond acceptors (Lipinski definition) is 4. The Hall–Kier alpha value is -3.40. The van der Waals surface area contributed by atoms with Crippen LogP contribution < -0.4 is 0 Å². The molecule has 4 heteroatoms. The van der Waals surface area contributed by atoms with Gasteiger partial charge in [-0.25, -0.2) is 4.79 Å². The van der Waals surface area contributed by atoms with Crippen LogP contribution in [-0.4, -0.2) is 18.0 Å². The highest BCUT2D eigenvalue weighted by atomic mass is 16.6. The summed E-state index contributed by atoms with van der Waals surface area (Å²) in [5.41, 5.74) is 2.49. The summed E-state index contributed by atoms with van der Waals surface area (Å²) in [4.78, 5) is 25.2. The van der Waals surface area contributed by atoms with Crippen LogP contribution in [0.25, 0.3) is 0 Å². The van der Waals surface area contributed by atoms with Crippen molar-refractivity contribution in [2.75, 3.05) is 0 Å². The van der Waals surface area contributed by atoms with Gasteiger partial charge >= 0.3 is 11.9 Å². The Kier molecular flexibility index (Phi) is 6.58. The van der Waals surface area contributed by atoms with Crippen LogP contribution in [0.2, 0.25) is 0 Å². The lowest BCUT2D eigenvalue weighted by molar-refractivity contribution is -0.167. The quantitative estimate of drug-likeness (QED) is 0.572. The van der Waals surface area contributed by atoms with Gasteiger partial charge in [0.2, 0.25) is 0 Å². The molecule has 4 nitrogen and oxygen atoms in total. The van der Waals surface area contributed by atoms with Crippen molar-refractivity contribution in [3.63, 3.8) is 0 Å². The predicted molar refractivity (Wildman–Crippen MR) is 107 cm³/mol. The molecule has 0 aromatic heterocycles. The summed E-state index contributed by atoms with van der Waals surface area (Å²) in [5.74, 6) is -1.66. The normalized spacial score (nSPS) is 11.6. The smallest absolute Gasteiger partial charge is 0.347 e. The second kappa shape index (κ2) is 9.51. The van der Waals surface area contributed by atoms with E-state index in [1.165, 1.54) is 6.92 Å². The summed E-state index contributed by atoms with van der Waals surface area (Å²) in [6, 6.07) is 28.1. The fourth-order valence-corrected chi connectivity index (χ4v) is 2.89. The molecule has 0 heterocycles. The van der Waals surface area contributed by atoms with Crippen molar-refractivity contribution in [2.45, 2.75) is 25.6 Å². The maximum atomic E-state index is 12.9. The van der Waals surface area contributed by atoms with Gasteiger partial charge in [-0.1, -0.05) is 91.0 Å². The third-order valence-corrected chi connectivity index (χ3v) is 4.35. The van der Waals surface area contributed by atoms with Gasteiger partial charge in [0, 0.05) is 0 Å². The summed E-state index contributed by atoms with van der Waals surface area (Å²) in [7, 11) is 0. The van der Waals surface area contributed by atoms with E-state index in [-0.39, 0.29) is 6.61 Å². The van der Waals surface area contributed by atoms with Gasteiger partial charge < -0.3 is 9.47 Å². The van der Waals surface area contributed by atoms with Gasteiger partial charge in [-0.2, -0.15) is 0 Å². The first kappa shape index (κ1) is 19.4. The minimum atomic E-state index is -0.994. The highest BCUT2D eigenvalue weighted by molar-refractivity contribution is 5.85. The first-order chi connectivity index (χ1) is 13.6. The molecule has 0 aliphatic heterocycles. The van der Waals surface area contributed by atoms with Crippen LogP contribution in [0.3, 0.4) is 0 Å². The van der Waals surface area contributed by atoms with E-state index in [9.17, 15) is 9.59 Å². The fourth-order valence-electron chi connectivity index (χ4n) is 2.89. The van der Waals surface area contributed by atoms with Gasteiger partial charge in [0.1, 0.15) is 12.5 Å². The Bertz CT molecular complexity index is 852. The van der Waals surface area contributed by atoms with Crippen molar-refractivity contribution in [3.05, 3.63) is 108 Å². The van der Waals surface area contributed by atoms with Gasteiger partial charge in [-0.05, 0) is 23.6 Å². The molecule has 28 heavy (non-hydrogen) atoms. The monoisotopic (exact) mass is 374 g/mol. The van der Waals surface area contributed by atoms with E-state index in [4.69, 9.17) is 9.47 Å². The fraction of sp³-hybridized carbons (Fsp3) is 0.167. The second-order valence-corrected chi connectivity index (χ2v) is 6.43. The maximum absolute atomic E-state index is 12.9. The largest absolute Gasteiger partial charge is 0.458 e. The molecule has 3 aromatic carbocycles. The average Bonchev–Trinajstić information content (AvgIpc) is 2.74. The van der Waals surface area contributed by atoms with Gasteiger partial charge in [0.25, 0.3) is 0 Å². The summed E-state index contributed by atoms with van der Waals surface area (Å²) in [6.45, 7) is 1.67. The van der Waals surface area contributed by atoms with Crippen molar-refractivity contribution >= 4 is 11.9 Å². The average molecular weight is 374 g/mol. The minimum Gasteiger partial charge on any atom is -0.458 e. The Balaban J connectivity index is 1.68. The maximum Gasteiger partial charge on any atom is 0.347 e. The first-order valence-corrected chi connectivity index (χ1v) is 9.16. The molecule has 0 radical (unpaired) electrons.